The SMILES string of the molecule is C=C(C(N)=O)c1cc(Nc2cc(N3OCC[C@@H]3c3ccccc3)ncn2)c(OC)cc1N1CC[C@H](N(C)C)C1. The fourth-order valence-electron chi connectivity index (χ4n) is 5.20. The van der Waals surface area contributed by atoms with Gasteiger partial charge in [0.25, 0.3) is 0 Å². The van der Waals surface area contributed by atoms with Crippen LogP contribution < -0.4 is 25.8 Å². The van der Waals surface area contributed by atoms with Gasteiger partial charge in [-0.1, -0.05) is 36.9 Å². The maximum Gasteiger partial charge on any atom is 0.248 e. The fraction of sp³-hybridized carbons (Fsp3) is 0.345. The summed E-state index contributed by atoms with van der Waals surface area (Å²) in [5.41, 5.74) is 9.24. The van der Waals surface area contributed by atoms with Gasteiger partial charge in [0.15, 0.2) is 5.82 Å². The van der Waals surface area contributed by atoms with Crippen LogP contribution in [-0.2, 0) is 9.63 Å². The fourth-order valence-corrected chi connectivity index (χ4v) is 5.20. The third kappa shape index (κ3) is 5.52. The van der Waals surface area contributed by atoms with E-state index in [1.54, 1.807) is 7.11 Å². The molecule has 10 nitrogen and oxygen atoms in total. The summed E-state index contributed by atoms with van der Waals surface area (Å²) in [5.74, 6) is 1.23. The maximum absolute atomic E-state index is 12.2. The molecule has 0 unspecified atom stereocenters. The van der Waals surface area contributed by atoms with Crippen molar-refractivity contribution >= 4 is 34.5 Å². The number of rotatable bonds is 9. The summed E-state index contributed by atoms with van der Waals surface area (Å²) in [6, 6.07) is 16.3. The largest absolute Gasteiger partial charge is 0.494 e. The Balaban J connectivity index is 1.46. The molecule has 2 aromatic carbocycles. The van der Waals surface area contributed by atoms with E-state index in [0.29, 0.717) is 41.3 Å². The Bertz CT molecular complexity index is 1350. The number of aromatic nitrogens is 2. The molecule has 39 heavy (non-hydrogen) atoms. The van der Waals surface area contributed by atoms with Crippen molar-refractivity contribution in [1.29, 1.82) is 0 Å². The van der Waals surface area contributed by atoms with Gasteiger partial charge in [-0.15, -0.1) is 0 Å². The summed E-state index contributed by atoms with van der Waals surface area (Å²) in [4.78, 5) is 31.5. The molecule has 10 heteroatoms. The number of primary amides is 1. The van der Waals surface area contributed by atoms with E-state index in [0.717, 1.165) is 37.2 Å². The number of likely N-dealkylation sites (N-methyl/N-ethyl adjacent to an activating group) is 1. The topological polar surface area (TPSA) is 109 Å². The van der Waals surface area contributed by atoms with Gasteiger partial charge in [-0.25, -0.2) is 15.0 Å². The molecule has 0 aliphatic carbocycles. The van der Waals surface area contributed by atoms with Crippen molar-refractivity contribution in [2.75, 3.05) is 56.2 Å². The van der Waals surface area contributed by atoms with Gasteiger partial charge < -0.3 is 25.6 Å². The first-order chi connectivity index (χ1) is 18.9. The molecule has 5 rings (SSSR count). The summed E-state index contributed by atoms with van der Waals surface area (Å²) in [7, 11) is 5.78. The second-order valence-electron chi connectivity index (χ2n) is 10.0. The minimum atomic E-state index is -0.571. The molecule has 2 fully saturated rings. The van der Waals surface area contributed by atoms with Crippen LogP contribution in [0.2, 0.25) is 0 Å². The molecule has 1 amide bonds. The summed E-state index contributed by atoms with van der Waals surface area (Å²) in [5, 5.41) is 5.17. The Morgan fingerprint density at radius 1 is 1.18 bits per heavy atom. The zero-order chi connectivity index (χ0) is 27.5. The minimum absolute atomic E-state index is 0.0553. The molecule has 2 atom stereocenters. The van der Waals surface area contributed by atoms with Crippen LogP contribution in [0.4, 0.5) is 23.0 Å². The molecule has 3 N–H and O–H groups in total. The zero-order valence-electron chi connectivity index (χ0n) is 22.6. The van der Waals surface area contributed by atoms with Crippen molar-refractivity contribution in [2.24, 2.45) is 5.73 Å². The first kappa shape index (κ1) is 26.5. The maximum atomic E-state index is 12.2. The van der Waals surface area contributed by atoms with Gasteiger partial charge in [-0.2, -0.15) is 0 Å². The predicted octanol–water partition coefficient (Wildman–Crippen LogP) is 3.75. The van der Waals surface area contributed by atoms with E-state index in [2.05, 4.69) is 57.9 Å². The molecule has 0 bridgehead atoms. The van der Waals surface area contributed by atoms with Crippen molar-refractivity contribution in [3.63, 3.8) is 0 Å². The lowest BCUT2D eigenvalue weighted by Crippen LogP contribution is -2.32. The molecule has 0 saturated carbocycles. The smallest absolute Gasteiger partial charge is 0.248 e. The molecule has 1 aromatic heterocycles. The Morgan fingerprint density at radius 2 is 1.97 bits per heavy atom. The molecule has 0 spiro atoms. The second kappa shape index (κ2) is 11.3. The Hall–Kier alpha value is -4.15. The number of hydrogen-bond donors (Lipinski definition) is 2. The predicted molar refractivity (Wildman–Crippen MR) is 153 cm³/mol. The lowest BCUT2D eigenvalue weighted by Gasteiger charge is -2.26. The summed E-state index contributed by atoms with van der Waals surface area (Å²) in [6.45, 7) is 6.27. The monoisotopic (exact) mass is 529 g/mol. The third-order valence-electron chi connectivity index (χ3n) is 7.40. The highest BCUT2D eigenvalue weighted by atomic mass is 16.7. The third-order valence-corrected chi connectivity index (χ3v) is 7.40. The van der Waals surface area contributed by atoms with Crippen molar-refractivity contribution in [1.82, 2.24) is 14.9 Å². The van der Waals surface area contributed by atoms with Gasteiger partial charge in [-0.05, 0) is 32.1 Å². The number of carbonyl (C=O) groups is 1. The van der Waals surface area contributed by atoms with E-state index in [4.69, 9.17) is 15.3 Å². The standard InChI is InChI=1S/C29H35N7O3/c1-19(29(30)37)22-14-23(26(38-4)15-25(22)35-12-10-21(17-35)34(2)3)33-27-16-28(32-18-31-27)36-24(11-13-39-36)20-8-6-5-7-9-20/h5-9,14-16,18,21,24H,1,10-13,17H2,2-4H3,(H2,30,37)(H,31,32,33)/t21-,24+/m0/s1. The number of ether oxygens (including phenoxy) is 1. The first-order valence-electron chi connectivity index (χ1n) is 13.0. The van der Waals surface area contributed by atoms with Crippen LogP contribution in [0.5, 0.6) is 5.75 Å². The average Bonchev–Trinajstić information content (AvgIpc) is 3.64. The molecule has 2 saturated heterocycles. The molecule has 204 valence electrons. The van der Waals surface area contributed by atoms with Gasteiger partial charge in [0.2, 0.25) is 5.91 Å². The molecule has 2 aliphatic heterocycles. The lowest BCUT2D eigenvalue weighted by atomic mass is 10.0. The average molecular weight is 530 g/mol. The van der Waals surface area contributed by atoms with Crippen molar-refractivity contribution < 1.29 is 14.4 Å². The number of amides is 1. The van der Waals surface area contributed by atoms with Crippen molar-refractivity contribution in [3.05, 3.63) is 72.6 Å². The van der Waals surface area contributed by atoms with E-state index < -0.39 is 5.91 Å². The highest BCUT2D eigenvalue weighted by molar-refractivity contribution is 6.19. The van der Waals surface area contributed by atoms with Crippen LogP contribution in [0, 0.1) is 0 Å². The molecular formula is C29H35N7O3. The van der Waals surface area contributed by atoms with Crippen molar-refractivity contribution in [2.45, 2.75) is 24.9 Å². The highest BCUT2D eigenvalue weighted by Crippen LogP contribution is 2.40. The number of anilines is 4. The second-order valence-corrected chi connectivity index (χ2v) is 10.0. The number of carbonyl (C=O) groups excluding carboxylic acids is 1. The van der Waals surface area contributed by atoms with Gasteiger partial charge in [0.1, 0.15) is 17.9 Å². The lowest BCUT2D eigenvalue weighted by molar-refractivity contribution is -0.112. The number of hydroxylamine groups is 1. The summed E-state index contributed by atoms with van der Waals surface area (Å²) in [6.07, 6.45) is 3.37. The minimum Gasteiger partial charge on any atom is -0.494 e. The van der Waals surface area contributed by atoms with E-state index in [-0.39, 0.29) is 11.6 Å². The number of nitrogens with two attached hydrogens (primary N) is 1. The van der Waals surface area contributed by atoms with E-state index in [9.17, 15) is 4.79 Å². The van der Waals surface area contributed by atoms with Crippen LogP contribution in [0.15, 0.2) is 61.4 Å². The zero-order valence-corrected chi connectivity index (χ0v) is 22.6. The molecule has 0 radical (unpaired) electrons. The number of nitrogens with one attached hydrogen (secondary N) is 1. The van der Waals surface area contributed by atoms with E-state index >= 15 is 0 Å². The van der Waals surface area contributed by atoms with Gasteiger partial charge in [-0.3, -0.25) is 9.63 Å². The normalized spacial score (nSPS) is 19.0. The Labute approximate surface area is 229 Å². The summed E-state index contributed by atoms with van der Waals surface area (Å²) < 4.78 is 5.77. The quantitative estimate of drug-likeness (QED) is 0.401. The molecule has 2 aliphatic rings. The van der Waals surface area contributed by atoms with E-state index in [1.807, 2.05) is 41.5 Å². The number of hydrogen-bond acceptors (Lipinski definition) is 9. The van der Waals surface area contributed by atoms with Crippen molar-refractivity contribution in [3.8, 4) is 5.75 Å². The Morgan fingerprint density at radius 3 is 2.67 bits per heavy atom. The van der Waals surface area contributed by atoms with Crippen LogP contribution in [0.1, 0.15) is 30.0 Å². The molecular weight excluding hydrogens is 494 g/mol. The first-order valence-corrected chi connectivity index (χ1v) is 13.0. The number of nitrogens with zero attached hydrogens (tertiary/aromatic N) is 5. The number of benzene rings is 2. The van der Waals surface area contributed by atoms with E-state index in [1.165, 1.54) is 6.33 Å². The molecule has 3 heterocycles. The van der Waals surface area contributed by atoms with Crippen LogP contribution in [-0.4, -0.2) is 67.7 Å². The van der Waals surface area contributed by atoms with Gasteiger partial charge in [0, 0.05) is 54.5 Å². The van der Waals surface area contributed by atoms with Gasteiger partial charge in [0.05, 0.1) is 25.4 Å². The Kier molecular flexibility index (Phi) is 7.67. The van der Waals surface area contributed by atoms with Crippen LogP contribution >= 0.6 is 0 Å². The summed E-state index contributed by atoms with van der Waals surface area (Å²) >= 11 is 0. The molecule has 3 aromatic rings. The number of methoxy groups -OCH3 is 1. The highest BCUT2D eigenvalue weighted by Gasteiger charge is 2.30. The van der Waals surface area contributed by atoms with Crippen LogP contribution in [0.25, 0.3) is 5.57 Å². The van der Waals surface area contributed by atoms with Gasteiger partial charge >= 0.3 is 0 Å². The van der Waals surface area contributed by atoms with Crippen LogP contribution in [0.3, 0.4) is 0 Å².